The van der Waals surface area contributed by atoms with Gasteiger partial charge in [-0.15, -0.1) is 0 Å². The van der Waals surface area contributed by atoms with Crippen LogP contribution in [0.15, 0.2) is 0 Å². The van der Waals surface area contributed by atoms with Crippen molar-refractivity contribution < 1.29 is 0 Å². The maximum absolute atomic E-state index is 5.52. The highest BCUT2D eigenvalue weighted by atomic mass is 15.2. The van der Waals surface area contributed by atoms with E-state index in [1.807, 2.05) is 0 Å². The Morgan fingerprint density at radius 2 is 2.09 bits per heavy atom. The van der Waals surface area contributed by atoms with Crippen LogP contribution in [0, 0.1) is 11.3 Å². The molecule has 1 aliphatic carbocycles. The van der Waals surface area contributed by atoms with Crippen LogP contribution in [-0.4, -0.2) is 6.04 Å². The summed E-state index contributed by atoms with van der Waals surface area (Å²) in [7, 11) is 0. The fourth-order valence-electron chi connectivity index (χ4n) is 2.36. The molecule has 2 unspecified atom stereocenters. The first-order valence-electron chi connectivity index (χ1n) is 4.54. The molecular formula is C9H20N2. The minimum atomic E-state index is 0.381. The quantitative estimate of drug-likeness (QED) is 0.447. The zero-order chi connectivity index (χ0) is 8.48. The predicted molar refractivity (Wildman–Crippen MR) is 47.9 cm³/mol. The van der Waals surface area contributed by atoms with Gasteiger partial charge in [-0.2, -0.15) is 0 Å². The molecule has 1 saturated carbocycles. The summed E-state index contributed by atoms with van der Waals surface area (Å²) in [5.41, 5.74) is 3.33. The van der Waals surface area contributed by atoms with Gasteiger partial charge in [0.05, 0.1) is 0 Å². The molecule has 0 aromatic carbocycles. The molecule has 66 valence electrons. The van der Waals surface area contributed by atoms with E-state index in [-0.39, 0.29) is 0 Å². The molecule has 2 nitrogen and oxygen atoms in total. The van der Waals surface area contributed by atoms with Crippen molar-refractivity contribution in [3.05, 3.63) is 0 Å². The standard InChI is InChI=1S/C9H20N2/c1-7-5-4-6-9(2,3)8(7)11-10/h7-8,11H,4-6,10H2,1-3H3. The summed E-state index contributed by atoms with van der Waals surface area (Å²) in [4.78, 5) is 0. The summed E-state index contributed by atoms with van der Waals surface area (Å²) in [6.45, 7) is 6.88. The molecule has 0 amide bonds. The maximum atomic E-state index is 5.52. The van der Waals surface area contributed by atoms with E-state index in [1.165, 1.54) is 19.3 Å². The van der Waals surface area contributed by atoms with Crippen LogP contribution in [0.25, 0.3) is 0 Å². The van der Waals surface area contributed by atoms with E-state index in [1.54, 1.807) is 0 Å². The van der Waals surface area contributed by atoms with Crippen molar-refractivity contribution in [2.75, 3.05) is 0 Å². The van der Waals surface area contributed by atoms with Gasteiger partial charge >= 0.3 is 0 Å². The van der Waals surface area contributed by atoms with E-state index in [4.69, 9.17) is 5.84 Å². The van der Waals surface area contributed by atoms with Crippen LogP contribution in [0.4, 0.5) is 0 Å². The zero-order valence-corrected chi connectivity index (χ0v) is 7.85. The molecule has 2 heteroatoms. The second kappa shape index (κ2) is 3.11. The largest absolute Gasteiger partial charge is 0.271 e. The van der Waals surface area contributed by atoms with Gasteiger partial charge in [0, 0.05) is 6.04 Å². The highest BCUT2D eigenvalue weighted by molar-refractivity contribution is 4.90. The lowest BCUT2D eigenvalue weighted by Crippen LogP contribution is -2.51. The molecule has 0 heterocycles. The average molecular weight is 156 g/mol. The van der Waals surface area contributed by atoms with Gasteiger partial charge in [0.1, 0.15) is 0 Å². The van der Waals surface area contributed by atoms with E-state index < -0.39 is 0 Å². The Kier molecular flexibility index (Phi) is 2.55. The molecule has 0 spiro atoms. The molecule has 1 rings (SSSR count). The van der Waals surface area contributed by atoms with Crippen LogP contribution in [0.2, 0.25) is 0 Å². The fourth-order valence-corrected chi connectivity index (χ4v) is 2.36. The lowest BCUT2D eigenvalue weighted by molar-refractivity contribution is 0.118. The van der Waals surface area contributed by atoms with Crippen molar-refractivity contribution in [1.82, 2.24) is 5.43 Å². The highest BCUT2D eigenvalue weighted by Gasteiger charge is 2.35. The average Bonchev–Trinajstić information content (AvgIpc) is 1.86. The number of hydrogen-bond acceptors (Lipinski definition) is 2. The Labute approximate surface area is 69.5 Å². The van der Waals surface area contributed by atoms with Crippen molar-refractivity contribution in [1.29, 1.82) is 0 Å². The molecule has 0 aromatic rings. The first-order valence-corrected chi connectivity index (χ1v) is 4.54. The van der Waals surface area contributed by atoms with Gasteiger partial charge in [0.25, 0.3) is 0 Å². The third kappa shape index (κ3) is 1.74. The minimum absolute atomic E-state index is 0.381. The van der Waals surface area contributed by atoms with E-state index >= 15 is 0 Å². The molecule has 0 radical (unpaired) electrons. The molecule has 0 aromatic heterocycles. The van der Waals surface area contributed by atoms with Gasteiger partial charge in [-0.3, -0.25) is 11.3 Å². The molecule has 0 saturated heterocycles. The third-order valence-electron chi connectivity index (χ3n) is 3.07. The Balaban J connectivity index is 2.64. The fraction of sp³-hybridized carbons (Fsp3) is 1.00. The van der Waals surface area contributed by atoms with E-state index in [0.717, 1.165) is 5.92 Å². The summed E-state index contributed by atoms with van der Waals surface area (Å²) in [6.07, 6.45) is 3.97. The summed E-state index contributed by atoms with van der Waals surface area (Å²) >= 11 is 0. The van der Waals surface area contributed by atoms with Crippen LogP contribution in [-0.2, 0) is 0 Å². The summed E-state index contributed by atoms with van der Waals surface area (Å²) in [5.74, 6) is 6.24. The number of rotatable bonds is 1. The van der Waals surface area contributed by atoms with Crippen molar-refractivity contribution in [2.45, 2.75) is 46.1 Å². The predicted octanol–water partition coefficient (Wildman–Crippen LogP) is 1.66. The van der Waals surface area contributed by atoms with Crippen molar-refractivity contribution in [3.63, 3.8) is 0 Å². The number of hydrogen-bond donors (Lipinski definition) is 2. The second-order valence-corrected chi connectivity index (χ2v) is 4.50. The van der Waals surface area contributed by atoms with Gasteiger partial charge in [-0.25, -0.2) is 0 Å². The normalized spacial score (nSPS) is 37.1. The first kappa shape index (κ1) is 9.01. The Morgan fingerprint density at radius 1 is 1.45 bits per heavy atom. The third-order valence-corrected chi connectivity index (χ3v) is 3.07. The van der Waals surface area contributed by atoms with Crippen LogP contribution < -0.4 is 11.3 Å². The lowest BCUT2D eigenvalue weighted by Gasteiger charge is -2.42. The first-order chi connectivity index (χ1) is 5.08. The van der Waals surface area contributed by atoms with Crippen molar-refractivity contribution in [3.8, 4) is 0 Å². The molecule has 2 atom stereocenters. The van der Waals surface area contributed by atoms with Crippen molar-refractivity contribution in [2.24, 2.45) is 17.2 Å². The molecule has 0 aliphatic heterocycles. The number of nitrogens with one attached hydrogen (secondary N) is 1. The zero-order valence-electron chi connectivity index (χ0n) is 7.85. The topological polar surface area (TPSA) is 38.0 Å². The molecular weight excluding hydrogens is 136 g/mol. The van der Waals surface area contributed by atoms with Gasteiger partial charge in [0.15, 0.2) is 0 Å². The lowest BCUT2D eigenvalue weighted by atomic mass is 9.69. The van der Waals surface area contributed by atoms with Crippen LogP contribution in [0.3, 0.4) is 0 Å². The Bertz CT molecular complexity index is 132. The van der Waals surface area contributed by atoms with Crippen LogP contribution >= 0.6 is 0 Å². The minimum Gasteiger partial charge on any atom is -0.271 e. The van der Waals surface area contributed by atoms with Crippen LogP contribution in [0.5, 0.6) is 0 Å². The smallest absolute Gasteiger partial charge is 0.0287 e. The molecule has 1 aliphatic rings. The van der Waals surface area contributed by atoms with E-state index in [9.17, 15) is 0 Å². The summed E-state index contributed by atoms with van der Waals surface area (Å²) in [5, 5.41) is 0. The summed E-state index contributed by atoms with van der Waals surface area (Å²) < 4.78 is 0. The van der Waals surface area contributed by atoms with E-state index in [0.29, 0.717) is 11.5 Å². The van der Waals surface area contributed by atoms with Gasteiger partial charge in [0.2, 0.25) is 0 Å². The summed E-state index contributed by atoms with van der Waals surface area (Å²) in [6, 6.07) is 0.497. The Morgan fingerprint density at radius 3 is 2.45 bits per heavy atom. The number of nitrogens with two attached hydrogens (primary N) is 1. The van der Waals surface area contributed by atoms with Gasteiger partial charge < -0.3 is 0 Å². The van der Waals surface area contributed by atoms with Crippen LogP contribution in [0.1, 0.15) is 40.0 Å². The van der Waals surface area contributed by atoms with Gasteiger partial charge in [-0.1, -0.05) is 27.2 Å². The molecule has 1 fully saturated rings. The van der Waals surface area contributed by atoms with Crippen molar-refractivity contribution >= 4 is 0 Å². The van der Waals surface area contributed by atoms with Gasteiger partial charge in [-0.05, 0) is 24.2 Å². The highest BCUT2D eigenvalue weighted by Crippen LogP contribution is 2.38. The molecule has 3 N–H and O–H groups in total. The SMILES string of the molecule is CC1CCCC(C)(C)C1NN. The molecule has 11 heavy (non-hydrogen) atoms. The molecule has 0 bridgehead atoms. The monoisotopic (exact) mass is 156 g/mol. The Hall–Kier alpha value is -0.0800. The second-order valence-electron chi connectivity index (χ2n) is 4.50. The van der Waals surface area contributed by atoms with E-state index in [2.05, 4.69) is 26.2 Å². The number of hydrazine groups is 1. The maximum Gasteiger partial charge on any atom is 0.0287 e.